The van der Waals surface area contributed by atoms with Crippen molar-refractivity contribution in [1.82, 2.24) is 14.9 Å². The van der Waals surface area contributed by atoms with E-state index in [1.807, 2.05) is 32.6 Å². The van der Waals surface area contributed by atoms with E-state index in [0.29, 0.717) is 5.92 Å². The van der Waals surface area contributed by atoms with Crippen molar-refractivity contribution in [2.75, 3.05) is 32.1 Å². The van der Waals surface area contributed by atoms with Crippen LogP contribution in [-0.4, -0.2) is 42.1 Å². The Kier molecular flexibility index (Phi) is 4.68. The molecule has 0 N–H and O–H groups in total. The molecule has 0 bridgehead atoms. The number of anilines is 1. The molecule has 3 heterocycles. The van der Waals surface area contributed by atoms with Crippen molar-refractivity contribution in [3.8, 4) is 0 Å². The second kappa shape index (κ2) is 6.88. The summed E-state index contributed by atoms with van der Waals surface area (Å²) in [6.07, 6.45) is 6.32. The third-order valence-electron chi connectivity index (χ3n) is 4.32. The number of piperidine rings is 1. The van der Waals surface area contributed by atoms with E-state index in [2.05, 4.69) is 44.0 Å². The van der Waals surface area contributed by atoms with Crippen LogP contribution in [0.4, 0.5) is 5.82 Å². The highest BCUT2D eigenvalue weighted by Gasteiger charge is 2.22. The van der Waals surface area contributed by atoms with Crippen LogP contribution < -0.4 is 4.90 Å². The molecular formula is C18H24N4. The Bertz CT molecular complexity index is 597. The molecule has 0 aromatic carbocycles. The van der Waals surface area contributed by atoms with Gasteiger partial charge in [0.15, 0.2) is 0 Å². The van der Waals surface area contributed by atoms with Gasteiger partial charge >= 0.3 is 0 Å². The number of likely N-dealkylation sites (tertiary alicyclic amines) is 1. The van der Waals surface area contributed by atoms with E-state index in [1.54, 1.807) is 0 Å². The molecule has 1 aliphatic rings. The lowest BCUT2D eigenvalue weighted by Crippen LogP contribution is -2.34. The van der Waals surface area contributed by atoms with E-state index in [1.165, 1.54) is 24.9 Å². The highest BCUT2D eigenvalue weighted by molar-refractivity contribution is 5.40. The summed E-state index contributed by atoms with van der Waals surface area (Å²) < 4.78 is 0. The number of nitrogens with zero attached hydrogens (tertiary/aromatic N) is 4. The summed E-state index contributed by atoms with van der Waals surface area (Å²) in [7, 11) is 4.08. The number of pyridine rings is 2. The van der Waals surface area contributed by atoms with Crippen molar-refractivity contribution >= 4 is 5.82 Å². The summed E-state index contributed by atoms with van der Waals surface area (Å²) in [6.45, 7) is 3.22. The lowest BCUT2D eigenvalue weighted by atomic mass is 9.91. The van der Waals surface area contributed by atoms with Gasteiger partial charge in [0.25, 0.3) is 0 Å². The lowest BCUT2D eigenvalue weighted by molar-refractivity contribution is 0.198. The van der Waals surface area contributed by atoms with E-state index in [9.17, 15) is 0 Å². The summed E-state index contributed by atoms with van der Waals surface area (Å²) in [4.78, 5) is 13.5. The van der Waals surface area contributed by atoms with Crippen LogP contribution in [0.2, 0.25) is 0 Å². The van der Waals surface area contributed by atoms with Gasteiger partial charge in [-0.1, -0.05) is 6.07 Å². The zero-order chi connectivity index (χ0) is 15.4. The SMILES string of the molecule is CN(C)c1cc(C2CCCN(Cc3ccccn3)C2)ccn1. The summed E-state index contributed by atoms with van der Waals surface area (Å²) >= 11 is 0. The Balaban J connectivity index is 1.69. The Morgan fingerprint density at radius 3 is 2.86 bits per heavy atom. The predicted octanol–water partition coefficient (Wildman–Crippen LogP) is 2.92. The Hall–Kier alpha value is -1.94. The van der Waals surface area contributed by atoms with Crippen molar-refractivity contribution in [3.05, 3.63) is 54.0 Å². The molecule has 1 aliphatic heterocycles. The zero-order valence-corrected chi connectivity index (χ0v) is 13.4. The van der Waals surface area contributed by atoms with E-state index >= 15 is 0 Å². The normalized spacial score (nSPS) is 19.1. The Morgan fingerprint density at radius 1 is 1.18 bits per heavy atom. The van der Waals surface area contributed by atoms with E-state index in [4.69, 9.17) is 0 Å². The number of hydrogen-bond donors (Lipinski definition) is 0. The zero-order valence-electron chi connectivity index (χ0n) is 13.4. The highest BCUT2D eigenvalue weighted by atomic mass is 15.1. The molecule has 1 saturated heterocycles. The summed E-state index contributed by atoms with van der Waals surface area (Å²) in [6, 6.07) is 10.6. The second-order valence-corrected chi connectivity index (χ2v) is 6.24. The Morgan fingerprint density at radius 2 is 2.09 bits per heavy atom. The fraction of sp³-hybridized carbons (Fsp3) is 0.444. The Labute approximate surface area is 132 Å². The molecule has 3 rings (SSSR count). The molecule has 1 atom stereocenters. The standard InChI is InChI=1S/C18H24N4/c1-21(2)18-12-15(8-10-20-18)16-6-5-11-22(13-16)14-17-7-3-4-9-19-17/h3-4,7-10,12,16H,5-6,11,13-14H2,1-2H3. The summed E-state index contributed by atoms with van der Waals surface area (Å²) in [5, 5.41) is 0. The largest absolute Gasteiger partial charge is 0.363 e. The van der Waals surface area contributed by atoms with E-state index < -0.39 is 0 Å². The van der Waals surface area contributed by atoms with Crippen LogP contribution in [0, 0.1) is 0 Å². The first-order valence-electron chi connectivity index (χ1n) is 7.98. The molecular weight excluding hydrogens is 272 g/mol. The quantitative estimate of drug-likeness (QED) is 0.868. The molecule has 116 valence electrons. The molecule has 0 amide bonds. The van der Waals surface area contributed by atoms with Gasteiger partial charge in [0.05, 0.1) is 5.69 Å². The topological polar surface area (TPSA) is 32.3 Å². The predicted molar refractivity (Wildman–Crippen MR) is 90.1 cm³/mol. The minimum atomic E-state index is 0.596. The highest BCUT2D eigenvalue weighted by Crippen LogP contribution is 2.28. The van der Waals surface area contributed by atoms with Gasteiger partial charge in [0.1, 0.15) is 5.82 Å². The second-order valence-electron chi connectivity index (χ2n) is 6.24. The molecule has 0 aliphatic carbocycles. The fourth-order valence-electron chi connectivity index (χ4n) is 3.12. The number of rotatable bonds is 4. The van der Waals surface area contributed by atoms with Gasteiger partial charge in [-0.2, -0.15) is 0 Å². The van der Waals surface area contributed by atoms with Gasteiger partial charge in [-0.15, -0.1) is 0 Å². The monoisotopic (exact) mass is 296 g/mol. The first kappa shape index (κ1) is 15.0. The minimum Gasteiger partial charge on any atom is -0.363 e. The van der Waals surface area contributed by atoms with Crippen molar-refractivity contribution in [2.24, 2.45) is 0 Å². The minimum absolute atomic E-state index is 0.596. The van der Waals surface area contributed by atoms with Crippen molar-refractivity contribution in [3.63, 3.8) is 0 Å². The molecule has 4 heteroatoms. The maximum absolute atomic E-state index is 4.45. The maximum Gasteiger partial charge on any atom is 0.128 e. The number of hydrogen-bond acceptors (Lipinski definition) is 4. The summed E-state index contributed by atoms with van der Waals surface area (Å²) in [5.41, 5.74) is 2.57. The van der Waals surface area contributed by atoms with Crippen molar-refractivity contribution in [1.29, 1.82) is 0 Å². The van der Waals surface area contributed by atoms with Gasteiger partial charge < -0.3 is 4.90 Å². The van der Waals surface area contributed by atoms with Gasteiger partial charge in [0, 0.05) is 39.6 Å². The van der Waals surface area contributed by atoms with Crippen LogP contribution >= 0.6 is 0 Å². The molecule has 1 unspecified atom stereocenters. The molecule has 22 heavy (non-hydrogen) atoms. The van der Waals surface area contributed by atoms with E-state index in [-0.39, 0.29) is 0 Å². The average Bonchev–Trinajstić information content (AvgIpc) is 2.56. The van der Waals surface area contributed by atoms with Gasteiger partial charge in [-0.05, 0) is 55.1 Å². The summed E-state index contributed by atoms with van der Waals surface area (Å²) in [5.74, 6) is 1.64. The van der Waals surface area contributed by atoms with Crippen LogP contribution in [0.1, 0.15) is 30.0 Å². The first-order valence-corrected chi connectivity index (χ1v) is 7.98. The van der Waals surface area contributed by atoms with Crippen LogP contribution in [-0.2, 0) is 6.54 Å². The third-order valence-corrected chi connectivity index (χ3v) is 4.32. The third kappa shape index (κ3) is 3.63. The van der Waals surface area contributed by atoms with Crippen LogP contribution in [0.15, 0.2) is 42.7 Å². The van der Waals surface area contributed by atoms with Crippen molar-refractivity contribution in [2.45, 2.75) is 25.3 Å². The molecule has 2 aromatic rings. The van der Waals surface area contributed by atoms with Gasteiger partial charge in [-0.3, -0.25) is 9.88 Å². The lowest BCUT2D eigenvalue weighted by Gasteiger charge is -2.33. The van der Waals surface area contributed by atoms with Crippen LogP contribution in [0.5, 0.6) is 0 Å². The molecule has 0 radical (unpaired) electrons. The molecule has 2 aromatic heterocycles. The van der Waals surface area contributed by atoms with E-state index in [0.717, 1.165) is 24.6 Å². The molecule has 4 nitrogen and oxygen atoms in total. The van der Waals surface area contributed by atoms with Crippen LogP contribution in [0.25, 0.3) is 0 Å². The fourth-order valence-corrected chi connectivity index (χ4v) is 3.12. The number of aromatic nitrogens is 2. The van der Waals surface area contributed by atoms with Gasteiger partial charge in [0.2, 0.25) is 0 Å². The molecule has 0 saturated carbocycles. The maximum atomic E-state index is 4.45. The van der Waals surface area contributed by atoms with Crippen LogP contribution in [0.3, 0.4) is 0 Å². The average molecular weight is 296 g/mol. The van der Waals surface area contributed by atoms with Crippen molar-refractivity contribution < 1.29 is 0 Å². The first-order chi connectivity index (χ1) is 10.7. The molecule has 1 fully saturated rings. The molecule has 0 spiro atoms. The smallest absolute Gasteiger partial charge is 0.128 e. The van der Waals surface area contributed by atoms with Gasteiger partial charge in [-0.25, -0.2) is 4.98 Å².